The van der Waals surface area contributed by atoms with Crippen molar-refractivity contribution in [3.05, 3.63) is 33.1 Å². The molecule has 2 aliphatic rings. The molecule has 0 aliphatic carbocycles. The number of aromatic amines is 1. The minimum atomic E-state index is -5.35. The van der Waals surface area contributed by atoms with Crippen LogP contribution in [0.5, 0.6) is 0 Å². The van der Waals surface area contributed by atoms with Gasteiger partial charge in [0.25, 0.3) is 5.56 Å². The average molecular weight is 470 g/mol. The lowest BCUT2D eigenvalue weighted by Crippen LogP contribution is -2.62. The van der Waals surface area contributed by atoms with Crippen molar-refractivity contribution >= 4 is 7.82 Å². The summed E-state index contributed by atoms with van der Waals surface area (Å²) in [4.78, 5) is 44.9. The summed E-state index contributed by atoms with van der Waals surface area (Å²) >= 11 is 0. The molecule has 1 unspecified atom stereocenters. The van der Waals surface area contributed by atoms with Gasteiger partial charge in [0.2, 0.25) is 5.72 Å². The molecule has 31 heavy (non-hydrogen) atoms. The molecule has 3 heterocycles. The molecule has 2 aliphatic heterocycles. The van der Waals surface area contributed by atoms with Gasteiger partial charge in [0, 0.05) is 19.4 Å². The number of ether oxygens (including phenoxy) is 3. The first-order valence-electron chi connectivity index (χ1n) is 9.00. The van der Waals surface area contributed by atoms with E-state index in [-0.39, 0.29) is 0 Å². The number of phosphoric acid groups is 1. The van der Waals surface area contributed by atoms with Crippen molar-refractivity contribution in [1.29, 1.82) is 0 Å². The number of rotatable bonds is 7. The van der Waals surface area contributed by atoms with Crippen molar-refractivity contribution in [3.63, 3.8) is 0 Å². The Bertz CT molecular complexity index is 945. The van der Waals surface area contributed by atoms with E-state index in [0.29, 0.717) is 4.57 Å². The Morgan fingerprint density at radius 2 is 1.84 bits per heavy atom. The molecule has 15 nitrogen and oxygen atoms in total. The first-order chi connectivity index (χ1) is 14.5. The molecule has 1 aromatic rings. The van der Waals surface area contributed by atoms with E-state index in [9.17, 15) is 44.4 Å². The fraction of sp³-hybridized carbons (Fsp3) is 0.733. The van der Waals surface area contributed by atoms with Gasteiger partial charge >= 0.3 is 13.5 Å². The number of hydrogen-bond acceptors (Lipinski definition) is 11. The van der Waals surface area contributed by atoms with E-state index in [1.54, 1.807) is 0 Å². The molecule has 2 saturated heterocycles. The second-order valence-corrected chi connectivity index (χ2v) is 8.24. The van der Waals surface area contributed by atoms with E-state index < -0.39 is 80.7 Å². The standard InChI is InChI=1S/C15H23N2O13P/c1-27-11-7(5-19)28-12(10(11)22)15(17-3-2-8(20)16-14(17)23)13(30-31(24,25)26)9(21)6(4-18)29-15/h2-3,6-7,9-13,18-19,21-22H,4-5H2,1H3,(H,16,20,23)(H2,24,25,26)/t6-,7-,9-,10-,11+,12?,13-,15-/m1/s1. The average Bonchev–Trinajstić information content (AvgIpc) is 3.16. The number of aliphatic hydroxyl groups is 4. The first kappa shape index (κ1) is 24.2. The predicted molar refractivity (Wildman–Crippen MR) is 96.7 cm³/mol. The second kappa shape index (κ2) is 8.80. The van der Waals surface area contributed by atoms with E-state index in [0.717, 1.165) is 12.3 Å². The molecule has 0 saturated carbocycles. The topological polar surface area (TPSA) is 230 Å². The van der Waals surface area contributed by atoms with Gasteiger partial charge in [-0.05, 0) is 0 Å². The van der Waals surface area contributed by atoms with Gasteiger partial charge in [-0.25, -0.2) is 9.36 Å². The summed E-state index contributed by atoms with van der Waals surface area (Å²) in [5, 5.41) is 40.6. The maximum absolute atomic E-state index is 12.6. The normalized spacial score (nSPS) is 38.6. The highest BCUT2D eigenvalue weighted by molar-refractivity contribution is 7.46. The van der Waals surface area contributed by atoms with Gasteiger partial charge in [0.05, 0.1) is 13.2 Å². The molecule has 1 aromatic heterocycles. The Morgan fingerprint density at radius 3 is 2.32 bits per heavy atom. The minimum Gasteiger partial charge on any atom is -0.394 e. The van der Waals surface area contributed by atoms with E-state index >= 15 is 0 Å². The number of nitrogens with one attached hydrogen (secondary N) is 1. The van der Waals surface area contributed by atoms with Crippen LogP contribution >= 0.6 is 7.82 Å². The summed E-state index contributed by atoms with van der Waals surface area (Å²) in [6.07, 6.45) is -10.4. The van der Waals surface area contributed by atoms with Gasteiger partial charge in [-0.15, -0.1) is 0 Å². The van der Waals surface area contributed by atoms with Crippen molar-refractivity contribution in [2.45, 2.75) is 48.5 Å². The van der Waals surface area contributed by atoms with Crippen LogP contribution < -0.4 is 11.2 Å². The number of H-pyrrole nitrogens is 1. The number of phosphoric ester groups is 1. The number of methoxy groups -OCH3 is 1. The van der Waals surface area contributed by atoms with Crippen molar-refractivity contribution < 1.29 is 53.5 Å². The van der Waals surface area contributed by atoms with Gasteiger partial charge in [0.15, 0.2) is 0 Å². The molecule has 2 fully saturated rings. The summed E-state index contributed by atoms with van der Waals surface area (Å²) in [5.74, 6) is 0. The number of nitrogens with zero attached hydrogens (tertiary/aromatic N) is 1. The van der Waals surface area contributed by atoms with Crippen LogP contribution in [-0.2, 0) is 29.0 Å². The zero-order valence-electron chi connectivity index (χ0n) is 16.0. The predicted octanol–water partition coefficient (Wildman–Crippen LogP) is -4.45. The third kappa shape index (κ3) is 4.15. The molecular formula is C15H23N2O13P. The smallest absolute Gasteiger partial charge is 0.394 e. The lowest BCUT2D eigenvalue weighted by molar-refractivity contribution is -0.232. The molecule has 0 bridgehead atoms. The molecule has 0 spiro atoms. The Labute approximate surface area is 173 Å². The Balaban J connectivity index is 2.27. The van der Waals surface area contributed by atoms with Crippen LogP contribution in [-0.4, -0.2) is 103 Å². The summed E-state index contributed by atoms with van der Waals surface area (Å²) < 4.78 is 33.4. The van der Waals surface area contributed by atoms with Crippen LogP contribution in [0.2, 0.25) is 0 Å². The van der Waals surface area contributed by atoms with Crippen LogP contribution in [0.4, 0.5) is 0 Å². The quantitative estimate of drug-likeness (QED) is 0.187. The maximum atomic E-state index is 12.6. The summed E-state index contributed by atoms with van der Waals surface area (Å²) in [5.41, 5.74) is -4.48. The minimum absolute atomic E-state index is 0.619. The third-order valence-corrected chi connectivity index (χ3v) is 5.77. The summed E-state index contributed by atoms with van der Waals surface area (Å²) in [6.45, 7) is -1.53. The molecular weight excluding hydrogens is 447 g/mol. The Kier molecular flexibility index (Phi) is 6.86. The molecule has 16 heteroatoms. The summed E-state index contributed by atoms with van der Waals surface area (Å²) in [6, 6.07) is 0.873. The SMILES string of the molecule is CO[C@H]1[C@@H](CO)OC([C@@]2(n3ccc(=O)[nH]c3=O)O[C@H](CO)[C@@H](O)[C@H]2OP(=O)(O)O)[C@@H]1O. The molecule has 7 N–H and O–H groups in total. The van der Waals surface area contributed by atoms with Crippen LogP contribution in [0.15, 0.2) is 21.9 Å². The highest BCUT2D eigenvalue weighted by Gasteiger charge is 2.68. The lowest BCUT2D eigenvalue weighted by atomic mass is 9.92. The van der Waals surface area contributed by atoms with Crippen LogP contribution in [0.25, 0.3) is 0 Å². The first-order valence-corrected chi connectivity index (χ1v) is 10.5. The summed E-state index contributed by atoms with van der Waals surface area (Å²) in [7, 11) is -4.15. The largest absolute Gasteiger partial charge is 0.470 e. The number of aromatic nitrogens is 2. The fourth-order valence-corrected chi connectivity index (χ4v) is 4.59. The Morgan fingerprint density at radius 1 is 1.19 bits per heavy atom. The fourth-order valence-electron chi connectivity index (χ4n) is 4.02. The van der Waals surface area contributed by atoms with Crippen LogP contribution in [0.3, 0.4) is 0 Å². The maximum Gasteiger partial charge on any atom is 0.470 e. The van der Waals surface area contributed by atoms with E-state index in [1.165, 1.54) is 7.11 Å². The Hall–Kier alpha value is -1.49. The highest BCUT2D eigenvalue weighted by atomic mass is 31.2. The lowest BCUT2D eigenvalue weighted by Gasteiger charge is -2.40. The van der Waals surface area contributed by atoms with Gasteiger partial charge < -0.3 is 44.4 Å². The van der Waals surface area contributed by atoms with Gasteiger partial charge in [-0.3, -0.25) is 18.9 Å². The molecule has 176 valence electrons. The molecule has 3 rings (SSSR count). The van der Waals surface area contributed by atoms with Crippen molar-refractivity contribution in [2.24, 2.45) is 0 Å². The van der Waals surface area contributed by atoms with E-state index in [1.807, 2.05) is 4.98 Å². The van der Waals surface area contributed by atoms with Crippen molar-refractivity contribution in [3.8, 4) is 0 Å². The van der Waals surface area contributed by atoms with Gasteiger partial charge in [-0.1, -0.05) is 0 Å². The molecule has 8 atom stereocenters. The highest BCUT2D eigenvalue weighted by Crippen LogP contribution is 2.51. The monoisotopic (exact) mass is 470 g/mol. The van der Waals surface area contributed by atoms with Crippen molar-refractivity contribution in [2.75, 3.05) is 20.3 Å². The van der Waals surface area contributed by atoms with E-state index in [4.69, 9.17) is 18.7 Å². The van der Waals surface area contributed by atoms with Crippen molar-refractivity contribution in [1.82, 2.24) is 9.55 Å². The second-order valence-electron chi connectivity index (χ2n) is 7.05. The number of hydrogen-bond donors (Lipinski definition) is 7. The molecule has 0 aromatic carbocycles. The molecule has 0 amide bonds. The van der Waals surface area contributed by atoms with E-state index in [2.05, 4.69) is 0 Å². The van der Waals surface area contributed by atoms with Gasteiger partial charge in [-0.2, -0.15) is 0 Å². The zero-order chi connectivity index (χ0) is 23.1. The number of aliphatic hydroxyl groups excluding tert-OH is 4. The zero-order valence-corrected chi connectivity index (χ0v) is 16.9. The third-order valence-electron chi connectivity index (χ3n) is 5.26. The molecule has 0 radical (unpaired) electrons. The van der Waals surface area contributed by atoms with Crippen LogP contribution in [0.1, 0.15) is 0 Å². The van der Waals surface area contributed by atoms with Gasteiger partial charge in [0.1, 0.15) is 42.7 Å². The van der Waals surface area contributed by atoms with Crippen LogP contribution in [0, 0.1) is 0 Å².